The molecule has 5 nitrogen and oxygen atoms in total. The first kappa shape index (κ1) is 23.9. The number of hydrogen-bond donors (Lipinski definition) is 1. The average molecular weight is 492 g/mol. The molecule has 1 aromatic heterocycles. The Morgan fingerprint density at radius 3 is 2.46 bits per heavy atom. The van der Waals surface area contributed by atoms with Crippen molar-refractivity contribution in [1.82, 2.24) is 14.8 Å². The number of carbonyl (C=O) groups excluding carboxylic acids is 2. The lowest BCUT2D eigenvalue weighted by Gasteiger charge is -2.45. The van der Waals surface area contributed by atoms with Gasteiger partial charge in [-0.05, 0) is 56.0 Å². The Balaban J connectivity index is 1.46. The molecular weight excluding hydrogens is 458 g/mol. The van der Waals surface area contributed by atoms with E-state index < -0.39 is 5.54 Å². The van der Waals surface area contributed by atoms with Crippen LogP contribution in [-0.2, 0) is 17.8 Å². The molecule has 5 rings (SSSR count). The molecule has 1 atom stereocenters. The first-order chi connectivity index (χ1) is 17.0. The van der Waals surface area contributed by atoms with Gasteiger partial charge in [0.25, 0.3) is 5.91 Å². The summed E-state index contributed by atoms with van der Waals surface area (Å²) in [7, 11) is 0. The lowest BCUT2D eigenvalue weighted by atomic mass is 9.91. The zero-order valence-corrected chi connectivity index (χ0v) is 21.2. The fraction of sp³-hybridized carbons (Fsp3) is 0.448. The van der Waals surface area contributed by atoms with Crippen LogP contribution < -0.4 is 5.32 Å². The lowest BCUT2D eigenvalue weighted by Crippen LogP contribution is -2.65. The number of benzene rings is 2. The second-order valence-corrected chi connectivity index (χ2v) is 10.7. The number of aromatic nitrogens is 1. The molecule has 0 saturated heterocycles. The molecule has 0 spiro atoms. The van der Waals surface area contributed by atoms with Gasteiger partial charge in [-0.1, -0.05) is 74.0 Å². The van der Waals surface area contributed by atoms with Gasteiger partial charge in [0.1, 0.15) is 11.2 Å². The van der Waals surface area contributed by atoms with E-state index in [1.54, 1.807) is 4.90 Å². The van der Waals surface area contributed by atoms with Crippen LogP contribution in [0.2, 0.25) is 5.02 Å². The van der Waals surface area contributed by atoms with Crippen molar-refractivity contribution >= 4 is 34.3 Å². The van der Waals surface area contributed by atoms with Crippen LogP contribution in [0.1, 0.15) is 67.9 Å². The predicted octanol–water partition coefficient (Wildman–Crippen LogP) is 5.98. The Morgan fingerprint density at radius 1 is 1.03 bits per heavy atom. The van der Waals surface area contributed by atoms with Crippen molar-refractivity contribution in [1.29, 1.82) is 0 Å². The molecule has 184 valence electrons. The van der Waals surface area contributed by atoms with Crippen LogP contribution in [0.5, 0.6) is 0 Å². The number of halogens is 1. The summed E-state index contributed by atoms with van der Waals surface area (Å²) in [5, 5.41) is 5.08. The van der Waals surface area contributed by atoms with Gasteiger partial charge in [-0.15, -0.1) is 0 Å². The molecule has 1 aliphatic heterocycles. The number of amides is 2. The quantitative estimate of drug-likeness (QED) is 0.477. The van der Waals surface area contributed by atoms with E-state index in [9.17, 15) is 9.59 Å². The van der Waals surface area contributed by atoms with Crippen LogP contribution in [-0.4, -0.2) is 39.4 Å². The molecule has 1 fully saturated rings. The highest BCUT2D eigenvalue weighted by atomic mass is 35.5. The first-order valence-electron chi connectivity index (χ1n) is 12.9. The largest absolute Gasteiger partial charge is 0.351 e. The van der Waals surface area contributed by atoms with E-state index in [2.05, 4.69) is 5.32 Å². The van der Waals surface area contributed by atoms with Crippen LogP contribution in [0.15, 0.2) is 54.6 Å². The molecule has 1 N–H and O–H groups in total. The maximum Gasteiger partial charge on any atom is 0.271 e. The van der Waals surface area contributed by atoms with Gasteiger partial charge < -0.3 is 14.8 Å². The van der Waals surface area contributed by atoms with Crippen molar-refractivity contribution in [2.45, 2.75) is 76.4 Å². The van der Waals surface area contributed by atoms with E-state index in [0.29, 0.717) is 30.2 Å². The Bertz CT molecular complexity index is 1210. The summed E-state index contributed by atoms with van der Waals surface area (Å²) in [6.45, 7) is 2.85. The first-order valence-corrected chi connectivity index (χ1v) is 13.3. The van der Waals surface area contributed by atoms with Crippen LogP contribution in [0.25, 0.3) is 10.9 Å². The van der Waals surface area contributed by atoms with Gasteiger partial charge in [-0.3, -0.25) is 9.59 Å². The molecular formula is C29H34ClN3O2. The number of para-hydroxylation sites is 1. The summed E-state index contributed by atoms with van der Waals surface area (Å²) >= 11 is 6.06. The van der Waals surface area contributed by atoms with E-state index in [4.69, 9.17) is 11.6 Å². The summed E-state index contributed by atoms with van der Waals surface area (Å²) in [6, 6.07) is 17.9. The molecule has 35 heavy (non-hydrogen) atoms. The van der Waals surface area contributed by atoms with Crippen molar-refractivity contribution in [2.24, 2.45) is 0 Å². The highest BCUT2D eigenvalue weighted by Crippen LogP contribution is 2.33. The summed E-state index contributed by atoms with van der Waals surface area (Å²) < 4.78 is 2.04. The smallest absolute Gasteiger partial charge is 0.271 e. The molecule has 6 heteroatoms. The maximum absolute atomic E-state index is 13.9. The topological polar surface area (TPSA) is 54.3 Å². The SMILES string of the molecule is C[C@]1(C(=O)NC2CCCCCCC2)Cn2c(cc3ccccc32)C(=O)N1CCc1ccc(Cl)cc1. The van der Waals surface area contributed by atoms with Crippen LogP contribution >= 0.6 is 11.6 Å². The van der Waals surface area contributed by atoms with E-state index in [1.807, 2.05) is 66.1 Å². The lowest BCUT2D eigenvalue weighted by molar-refractivity contribution is -0.133. The molecule has 3 aromatic rings. The zero-order chi connectivity index (χ0) is 24.4. The second kappa shape index (κ2) is 10.1. The van der Waals surface area contributed by atoms with Crippen molar-refractivity contribution in [3.63, 3.8) is 0 Å². The Kier molecular flexibility index (Phi) is 6.88. The second-order valence-electron chi connectivity index (χ2n) is 10.3. The van der Waals surface area contributed by atoms with E-state index in [-0.39, 0.29) is 17.9 Å². The molecule has 2 aliphatic rings. The van der Waals surface area contributed by atoms with Gasteiger partial charge in [-0.25, -0.2) is 0 Å². The number of hydrogen-bond acceptors (Lipinski definition) is 2. The minimum absolute atomic E-state index is 0.0454. The molecule has 0 bridgehead atoms. The third kappa shape index (κ3) is 4.84. The molecule has 2 aromatic carbocycles. The summed E-state index contributed by atoms with van der Waals surface area (Å²) in [6.07, 6.45) is 8.73. The van der Waals surface area contributed by atoms with Gasteiger partial charge in [0.15, 0.2) is 0 Å². The predicted molar refractivity (Wildman–Crippen MR) is 141 cm³/mol. The normalized spacial score (nSPS) is 21.4. The van der Waals surface area contributed by atoms with Crippen LogP contribution in [0.4, 0.5) is 0 Å². The average Bonchev–Trinajstić information content (AvgIpc) is 3.20. The Labute approximate surface area is 212 Å². The molecule has 1 aliphatic carbocycles. The van der Waals surface area contributed by atoms with Crippen molar-refractivity contribution in [3.05, 3.63) is 70.9 Å². The fourth-order valence-corrected chi connectivity index (χ4v) is 5.82. The molecule has 1 saturated carbocycles. The van der Waals surface area contributed by atoms with E-state index in [1.165, 1.54) is 19.3 Å². The molecule has 0 unspecified atom stereocenters. The molecule has 0 radical (unpaired) electrons. The number of fused-ring (bicyclic) bond motifs is 3. The number of rotatable bonds is 5. The highest BCUT2D eigenvalue weighted by molar-refractivity contribution is 6.30. The minimum atomic E-state index is -0.972. The number of carbonyl (C=O) groups is 2. The zero-order valence-electron chi connectivity index (χ0n) is 20.4. The van der Waals surface area contributed by atoms with Crippen molar-refractivity contribution in [2.75, 3.05) is 6.54 Å². The van der Waals surface area contributed by atoms with Crippen LogP contribution in [0.3, 0.4) is 0 Å². The van der Waals surface area contributed by atoms with E-state index in [0.717, 1.165) is 42.1 Å². The molecule has 2 amide bonds. The van der Waals surface area contributed by atoms with Gasteiger partial charge >= 0.3 is 0 Å². The van der Waals surface area contributed by atoms with Gasteiger partial charge in [-0.2, -0.15) is 0 Å². The van der Waals surface area contributed by atoms with Gasteiger partial charge in [0.05, 0.1) is 6.54 Å². The van der Waals surface area contributed by atoms with Crippen molar-refractivity contribution < 1.29 is 9.59 Å². The van der Waals surface area contributed by atoms with Gasteiger partial charge in [0.2, 0.25) is 5.91 Å². The van der Waals surface area contributed by atoms with Crippen LogP contribution in [0, 0.1) is 0 Å². The third-order valence-electron chi connectivity index (χ3n) is 7.80. The minimum Gasteiger partial charge on any atom is -0.351 e. The summed E-state index contributed by atoms with van der Waals surface area (Å²) in [4.78, 5) is 29.6. The van der Waals surface area contributed by atoms with Gasteiger partial charge in [0, 0.05) is 28.5 Å². The monoisotopic (exact) mass is 491 g/mol. The Morgan fingerprint density at radius 2 is 1.71 bits per heavy atom. The summed E-state index contributed by atoms with van der Waals surface area (Å²) in [5.74, 6) is -0.132. The summed E-state index contributed by atoms with van der Waals surface area (Å²) in [5.41, 5.74) is 1.77. The highest BCUT2D eigenvalue weighted by Gasteiger charge is 2.47. The molecule has 2 heterocycles. The fourth-order valence-electron chi connectivity index (χ4n) is 5.69. The number of nitrogens with zero attached hydrogens (tertiary/aromatic N) is 2. The Hall–Kier alpha value is -2.79. The third-order valence-corrected chi connectivity index (χ3v) is 8.06. The van der Waals surface area contributed by atoms with E-state index >= 15 is 0 Å². The van der Waals surface area contributed by atoms with Crippen molar-refractivity contribution in [3.8, 4) is 0 Å². The standard InChI is InChI=1S/C29H34ClN3O2/c1-29(28(35)31-24-10-5-3-2-4-6-11-24)20-32-25-12-8-7-9-22(25)19-26(32)27(34)33(29)18-17-21-13-15-23(30)16-14-21/h7-9,12-16,19,24H,2-6,10-11,17-18,20H2,1H3,(H,31,35)/t29-/m1/s1. The maximum atomic E-state index is 13.9. The number of nitrogens with one attached hydrogen (secondary N) is 1.